The molecule has 0 aliphatic carbocycles. The van der Waals surface area contributed by atoms with E-state index in [1.807, 2.05) is 0 Å². The molecule has 0 heterocycles. The smallest absolute Gasteiger partial charge is 0.113 e. The van der Waals surface area contributed by atoms with Crippen molar-refractivity contribution in [3.05, 3.63) is 11.0 Å². The Morgan fingerprint density at radius 1 is 1.00 bits per heavy atom. The largest absolute Gasteiger partial charge is 0.145 e. The Labute approximate surface area is 97.8 Å². The third kappa shape index (κ3) is 5.44. The summed E-state index contributed by atoms with van der Waals surface area (Å²) in [5.74, 6) is 2.48. The van der Waals surface area contributed by atoms with Gasteiger partial charge in [-0.15, -0.1) is 5.47 Å². The maximum Gasteiger partial charge on any atom is 0.145 e. The maximum atomic E-state index is 2.40. The van der Waals surface area contributed by atoms with E-state index >= 15 is 0 Å². The minimum Gasteiger partial charge on any atom is -0.113 e. The molecule has 0 saturated carbocycles. The topological polar surface area (TPSA) is 0 Å². The van der Waals surface area contributed by atoms with E-state index in [1.165, 1.54) is 23.8 Å². The lowest BCUT2D eigenvalue weighted by Gasteiger charge is -2.25. The molecule has 0 aromatic carbocycles. The summed E-state index contributed by atoms with van der Waals surface area (Å²) in [7, 11) is 2.40. The van der Waals surface area contributed by atoms with Gasteiger partial charge in [0, 0.05) is 0 Å². The van der Waals surface area contributed by atoms with Gasteiger partial charge in [0.25, 0.3) is 0 Å². The van der Waals surface area contributed by atoms with Crippen LogP contribution in [0.4, 0.5) is 0 Å². The average molecular weight is 207 g/mol. The van der Waals surface area contributed by atoms with Crippen LogP contribution in [0.15, 0.2) is 11.0 Å². The second-order valence-corrected chi connectivity index (χ2v) is 5.34. The van der Waals surface area contributed by atoms with Gasteiger partial charge < -0.3 is 0 Å². The number of rotatable bonds is 6. The Hall–Kier alpha value is -0.195. The van der Waals surface area contributed by atoms with E-state index in [2.05, 4.69) is 55.7 Å². The average Bonchev–Trinajstić information content (AvgIpc) is 2.22. The third-order valence-electron chi connectivity index (χ3n) is 4.02. The molecular formula is C14H28B. The van der Waals surface area contributed by atoms with Crippen LogP contribution in [-0.2, 0) is 0 Å². The van der Waals surface area contributed by atoms with Crippen LogP contribution in [-0.4, -0.2) is 7.28 Å². The summed E-state index contributed by atoms with van der Waals surface area (Å²) < 4.78 is 0. The van der Waals surface area contributed by atoms with Crippen molar-refractivity contribution in [2.45, 2.75) is 61.2 Å². The maximum absolute atomic E-state index is 2.40. The molecule has 0 bridgehead atoms. The zero-order valence-corrected chi connectivity index (χ0v) is 11.7. The molecule has 0 spiro atoms. The van der Waals surface area contributed by atoms with Crippen molar-refractivity contribution in [3.63, 3.8) is 0 Å². The van der Waals surface area contributed by atoms with Crippen molar-refractivity contribution in [3.8, 4) is 0 Å². The highest BCUT2D eigenvalue weighted by Gasteiger charge is 2.17. The van der Waals surface area contributed by atoms with Crippen molar-refractivity contribution >= 4 is 7.28 Å². The molecule has 3 atom stereocenters. The summed E-state index contributed by atoms with van der Waals surface area (Å²) in [5.41, 5.74) is 2.90. The predicted octanol–water partition coefficient (Wildman–Crippen LogP) is 4.74. The monoisotopic (exact) mass is 207 g/mol. The van der Waals surface area contributed by atoms with Crippen LogP contribution in [0.5, 0.6) is 0 Å². The SMILES string of the molecule is CCC(C)C(C)C(C)C[B]C(C)=C(C)C. The molecule has 0 saturated heterocycles. The van der Waals surface area contributed by atoms with E-state index in [9.17, 15) is 0 Å². The third-order valence-corrected chi connectivity index (χ3v) is 4.02. The van der Waals surface area contributed by atoms with E-state index < -0.39 is 0 Å². The van der Waals surface area contributed by atoms with E-state index in [1.54, 1.807) is 0 Å². The molecule has 1 radical (unpaired) electrons. The Bertz CT molecular complexity index is 201. The van der Waals surface area contributed by atoms with Gasteiger partial charge >= 0.3 is 0 Å². The normalized spacial score (nSPS) is 16.7. The second-order valence-electron chi connectivity index (χ2n) is 5.34. The Balaban J connectivity index is 4.04. The molecule has 0 nitrogen and oxygen atoms in total. The molecule has 15 heavy (non-hydrogen) atoms. The standard InChI is InChI=1S/C14H28B/c1-8-11(4)13(6)12(5)9-15-14(7)10(2)3/h11-13H,8-9H2,1-7H3. The highest BCUT2D eigenvalue weighted by Crippen LogP contribution is 2.26. The molecule has 0 aliphatic heterocycles. The fraction of sp³-hybridized carbons (Fsp3) is 0.857. The Morgan fingerprint density at radius 3 is 1.93 bits per heavy atom. The van der Waals surface area contributed by atoms with Crippen LogP contribution in [0.1, 0.15) is 54.9 Å². The highest BCUT2D eigenvalue weighted by atomic mass is 14.2. The highest BCUT2D eigenvalue weighted by molar-refractivity contribution is 6.45. The first-order chi connectivity index (χ1) is 6.90. The zero-order chi connectivity index (χ0) is 12.0. The van der Waals surface area contributed by atoms with Gasteiger partial charge in [-0.3, -0.25) is 0 Å². The molecular weight excluding hydrogens is 179 g/mol. The molecule has 0 aromatic heterocycles. The van der Waals surface area contributed by atoms with Gasteiger partial charge in [0.2, 0.25) is 0 Å². The summed E-state index contributed by atoms with van der Waals surface area (Å²) in [6.07, 6.45) is 2.52. The molecule has 0 aromatic rings. The summed E-state index contributed by atoms with van der Waals surface area (Å²) in [4.78, 5) is 0. The Morgan fingerprint density at radius 2 is 1.53 bits per heavy atom. The van der Waals surface area contributed by atoms with Crippen molar-refractivity contribution in [1.29, 1.82) is 0 Å². The van der Waals surface area contributed by atoms with Crippen LogP contribution >= 0.6 is 0 Å². The Kier molecular flexibility index (Phi) is 7.05. The quantitative estimate of drug-likeness (QED) is 0.552. The van der Waals surface area contributed by atoms with Crippen molar-refractivity contribution in [1.82, 2.24) is 0 Å². The zero-order valence-electron chi connectivity index (χ0n) is 11.7. The summed E-state index contributed by atoms with van der Waals surface area (Å²) in [6.45, 7) is 16.0. The molecule has 87 valence electrons. The van der Waals surface area contributed by atoms with Gasteiger partial charge in [-0.25, -0.2) is 0 Å². The van der Waals surface area contributed by atoms with Gasteiger partial charge in [-0.05, 0) is 31.6 Å². The van der Waals surface area contributed by atoms with Crippen LogP contribution in [0, 0.1) is 17.8 Å². The lowest BCUT2D eigenvalue weighted by molar-refractivity contribution is 0.289. The number of allylic oxidation sites excluding steroid dienone is 2. The van der Waals surface area contributed by atoms with E-state index in [0.717, 1.165) is 17.8 Å². The van der Waals surface area contributed by atoms with E-state index in [4.69, 9.17) is 0 Å². The number of hydrogen-bond donors (Lipinski definition) is 0. The molecule has 1 heteroatoms. The lowest BCUT2D eigenvalue weighted by atomic mass is 9.60. The van der Waals surface area contributed by atoms with Gasteiger partial charge in [0.1, 0.15) is 7.28 Å². The summed E-state index contributed by atoms with van der Waals surface area (Å²) in [5, 5.41) is 0. The minimum atomic E-state index is 0.800. The molecule has 0 aliphatic rings. The number of hydrogen-bond acceptors (Lipinski definition) is 0. The lowest BCUT2D eigenvalue weighted by Crippen LogP contribution is -2.17. The first-order valence-corrected chi connectivity index (χ1v) is 6.37. The fourth-order valence-corrected chi connectivity index (χ4v) is 1.71. The summed E-state index contributed by atoms with van der Waals surface area (Å²) in [6, 6.07) is 0. The van der Waals surface area contributed by atoms with Gasteiger partial charge in [0.15, 0.2) is 0 Å². The minimum absolute atomic E-state index is 0.800. The summed E-state index contributed by atoms with van der Waals surface area (Å²) >= 11 is 0. The van der Waals surface area contributed by atoms with Crippen LogP contribution in [0.2, 0.25) is 6.32 Å². The second kappa shape index (κ2) is 7.14. The van der Waals surface area contributed by atoms with E-state index in [0.29, 0.717) is 0 Å². The van der Waals surface area contributed by atoms with Crippen molar-refractivity contribution in [2.75, 3.05) is 0 Å². The van der Waals surface area contributed by atoms with Crippen LogP contribution < -0.4 is 0 Å². The van der Waals surface area contributed by atoms with Crippen molar-refractivity contribution < 1.29 is 0 Å². The predicted molar refractivity (Wildman–Crippen MR) is 72.4 cm³/mol. The van der Waals surface area contributed by atoms with Gasteiger partial charge in [-0.1, -0.05) is 52.9 Å². The molecule has 0 N–H and O–H groups in total. The first kappa shape index (κ1) is 14.8. The van der Waals surface area contributed by atoms with E-state index in [-0.39, 0.29) is 0 Å². The molecule has 3 unspecified atom stereocenters. The molecule has 0 rings (SSSR count). The van der Waals surface area contributed by atoms with Crippen LogP contribution in [0.3, 0.4) is 0 Å². The molecule has 0 fully saturated rings. The van der Waals surface area contributed by atoms with Gasteiger partial charge in [0.05, 0.1) is 0 Å². The molecule has 0 amide bonds. The van der Waals surface area contributed by atoms with Crippen molar-refractivity contribution in [2.24, 2.45) is 17.8 Å². The van der Waals surface area contributed by atoms with Crippen LogP contribution in [0.25, 0.3) is 0 Å². The fourth-order valence-electron chi connectivity index (χ4n) is 1.71. The first-order valence-electron chi connectivity index (χ1n) is 6.37. The van der Waals surface area contributed by atoms with Gasteiger partial charge in [-0.2, -0.15) is 0 Å².